The molecule has 0 heterocycles. The van der Waals surface area contributed by atoms with Crippen molar-refractivity contribution >= 4 is 47.8 Å². The smallest absolute Gasteiger partial charge is 0.0876 e. The Bertz CT molecular complexity index is 268. The summed E-state index contributed by atoms with van der Waals surface area (Å²) in [5.74, 6) is 0. The topological polar surface area (TPSA) is 0 Å². The summed E-state index contributed by atoms with van der Waals surface area (Å²) in [6.07, 6.45) is 0. The maximum atomic E-state index is 3.48. The van der Waals surface area contributed by atoms with Crippen LogP contribution in [0.15, 0.2) is 18.2 Å². The lowest BCUT2D eigenvalue weighted by molar-refractivity contribution is 1.29. The summed E-state index contributed by atoms with van der Waals surface area (Å²) < 4.78 is 0.252. The zero-order valence-electron chi connectivity index (χ0n) is 6.65. The normalized spacial score (nSPS) is 10.8. The van der Waals surface area contributed by atoms with Gasteiger partial charge in [0.05, 0.1) is 3.74 Å². The van der Waals surface area contributed by atoms with Crippen LogP contribution < -0.4 is 0 Å². The van der Waals surface area contributed by atoms with Crippen molar-refractivity contribution in [3.63, 3.8) is 0 Å². The van der Waals surface area contributed by atoms with E-state index in [1.165, 1.54) is 16.7 Å². The van der Waals surface area contributed by atoms with Gasteiger partial charge in [-0.2, -0.15) is 0 Å². The van der Waals surface area contributed by atoms with Gasteiger partial charge < -0.3 is 0 Å². The Morgan fingerprint density at radius 2 is 1.92 bits per heavy atom. The van der Waals surface area contributed by atoms with Crippen molar-refractivity contribution < 1.29 is 0 Å². The lowest BCUT2D eigenvalue weighted by Gasteiger charge is -2.06. The molecule has 0 saturated heterocycles. The predicted molar refractivity (Wildman–Crippen MR) is 64.4 cm³/mol. The van der Waals surface area contributed by atoms with E-state index in [9.17, 15) is 0 Å². The molecule has 0 unspecified atom stereocenters. The number of hydrogen-bond donors (Lipinski definition) is 0. The molecule has 1 rings (SSSR count). The number of halogens is 3. The molecule has 0 radical (unpaired) electrons. The van der Waals surface area contributed by atoms with Crippen LogP contribution in [0, 0.1) is 6.92 Å². The maximum absolute atomic E-state index is 3.48. The highest BCUT2D eigenvalue weighted by Gasteiger charge is 2.03. The molecule has 0 nitrogen and oxygen atoms in total. The van der Waals surface area contributed by atoms with Gasteiger partial charge in [-0.25, -0.2) is 0 Å². The first-order valence-corrected chi connectivity index (χ1v) is 6.53. The SMILES string of the molecule is Cc1cc(CBr)cc(C(Br)Br)c1. The van der Waals surface area contributed by atoms with Crippen LogP contribution in [0.1, 0.15) is 20.4 Å². The molecular formula is C9H9Br3. The highest BCUT2D eigenvalue weighted by atomic mass is 79.9. The van der Waals surface area contributed by atoms with Crippen LogP contribution in [-0.2, 0) is 5.33 Å². The van der Waals surface area contributed by atoms with Crippen LogP contribution in [0.2, 0.25) is 0 Å². The highest BCUT2D eigenvalue weighted by Crippen LogP contribution is 2.30. The van der Waals surface area contributed by atoms with Crippen LogP contribution in [0.4, 0.5) is 0 Å². The monoisotopic (exact) mass is 354 g/mol. The van der Waals surface area contributed by atoms with Crippen molar-refractivity contribution in [2.75, 3.05) is 0 Å². The zero-order chi connectivity index (χ0) is 9.14. The van der Waals surface area contributed by atoms with Gasteiger partial charge >= 0.3 is 0 Å². The number of alkyl halides is 3. The van der Waals surface area contributed by atoms with Crippen molar-refractivity contribution in [2.45, 2.75) is 16.0 Å². The highest BCUT2D eigenvalue weighted by molar-refractivity contribution is 9.24. The third kappa shape index (κ3) is 2.86. The van der Waals surface area contributed by atoms with E-state index >= 15 is 0 Å². The summed E-state index contributed by atoms with van der Waals surface area (Å²) in [4.78, 5) is 0. The minimum atomic E-state index is 0.252. The molecule has 0 atom stereocenters. The lowest BCUT2D eigenvalue weighted by atomic mass is 10.1. The van der Waals surface area contributed by atoms with Gasteiger partial charge in [0.2, 0.25) is 0 Å². The first-order chi connectivity index (χ1) is 5.63. The Balaban J connectivity index is 3.06. The third-order valence-electron chi connectivity index (χ3n) is 1.57. The standard InChI is InChI=1S/C9H9Br3/c1-6-2-7(5-10)4-8(3-6)9(11)12/h2-4,9H,5H2,1H3. The summed E-state index contributed by atoms with van der Waals surface area (Å²) >= 11 is 10.4. The van der Waals surface area contributed by atoms with Crippen molar-refractivity contribution in [2.24, 2.45) is 0 Å². The van der Waals surface area contributed by atoms with Crippen LogP contribution in [0.5, 0.6) is 0 Å². The first kappa shape index (κ1) is 10.7. The fourth-order valence-corrected chi connectivity index (χ4v) is 1.95. The molecule has 1 aromatic carbocycles. The van der Waals surface area contributed by atoms with Gasteiger partial charge in [-0.05, 0) is 18.1 Å². The van der Waals surface area contributed by atoms with Gasteiger partial charge in [-0.15, -0.1) is 0 Å². The molecule has 0 aliphatic rings. The van der Waals surface area contributed by atoms with E-state index in [-0.39, 0.29) is 3.74 Å². The van der Waals surface area contributed by atoms with Crippen LogP contribution >= 0.6 is 47.8 Å². The molecular weight excluding hydrogens is 348 g/mol. The van der Waals surface area contributed by atoms with Gasteiger partial charge in [0.1, 0.15) is 0 Å². The number of rotatable bonds is 2. The second-order valence-electron chi connectivity index (χ2n) is 2.69. The summed E-state index contributed by atoms with van der Waals surface area (Å²) in [7, 11) is 0. The predicted octanol–water partition coefficient (Wildman–Crippen LogP) is 4.68. The Morgan fingerprint density at radius 1 is 1.25 bits per heavy atom. The van der Waals surface area contributed by atoms with Crippen LogP contribution in [0.25, 0.3) is 0 Å². The van der Waals surface area contributed by atoms with Crippen LogP contribution in [-0.4, -0.2) is 0 Å². The molecule has 0 fully saturated rings. The molecule has 66 valence electrons. The van der Waals surface area contributed by atoms with Gasteiger partial charge in [0.15, 0.2) is 0 Å². The van der Waals surface area contributed by atoms with E-state index in [2.05, 4.69) is 72.9 Å². The van der Waals surface area contributed by atoms with Gasteiger partial charge in [-0.3, -0.25) is 0 Å². The minimum Gasteiger partial charge on any atom is -0.0876 e. The molecule has 0 spiro atoms. The molecule has 0 bridgehead atoms. The van der Waals surface area contributed by atoms with Gasteiger partial charge in [0.25, 0.3) is 0 Å². The molecule has 12 heavy (non-hydrogen) atoms. The van der Waals surface area contributed by atoms with Crippen molar-refractivity contribution in [1.29, 1.82) is 0 Å². The van der Waals surface area contributed by atoms with E-state index in [1.807, 2.05) is 0 Å². The first-order valence-electron chi connectivity index (χ1n) is 3.58. The van der Waals surface area contributed by atoms with Crippen molar-refractivity contribution in [1.82, 2.24) is 0 Å². The third-order valence-corrected chi connectivity index (χ3v) is 3.27. The van der Waals surface area contributed by atoms with Gasteiger partial charge in [0, 0.05) is 5.33 Å². The number of hydrogen-bond acceptors (Lipinski definition) is 0. The number of benzene rings is 1. The maximum Gasteiger partial charge on any atom is 0.0946 e. The second-order valence-corrected chi connectivity index (χ2v) is 6.31. The van der Waals surface area contributed by atoms with E-state index in [0.29, 0.717) is 0 Å². The van der Waals surface area contributed by atoms with E-state index in [1.54, 1.807) is 0 Å². The van der Waals surface area contributed by atoms with E-state index < -0.39 is 0 Å². The van der Waals surface area contributed by atoms with Crippen molar-refractivity contribution in [3.8, 4) is 0 Å². The molecule has 1 aromatic rings. The summed E-state index contributed by atoms with van der Waals surface area (Å²) in [5.41, 5.74) is 3.88. The molecule has 0 aliphatic carbocycles. The molecule has 0 aromatic heterocycles. The van der Waals surface area contributed by atoms with E-state index in [0.717, 1.165) is 5.33 Å². The number of aryl methyl sites for hydroxylation is 1. The average molecular weight is 357 g/mol. The summed E-state index contributed by atoms with van der Waals surface area (Å²) in [6, 6.07) is 6.52. The van der Waals surface area contributed by atoms with E-state index in [4.69, 9.17) is 0 Å². The lowest BCUT2D eigenvalue weighted by Crippen LogP contribution is -1.86. The minimum absolute atomic E-state index is 0.252. The Labute approximate surface area is 98.1 Å². The fourth-order valence-electron chi connectivity index (χ4n) is 1.10. The Morgan fingerprint density at radius 3 is 2.42 bits per heavy atom. The average Bonchev–Trinajstić information content (AvgIpc) is 2.03. The molecule has 0 N–H and O–H groups in total. The molecule has 0 aliphatic heterocycles. The van der Waals surface area contributed by atoms with Crippen LogP contribution in [0.3, 0.4) is 0 Å². The molecule has 3 heteroatoms. The van der Waals surface area contributed by atoms with Crippen molar-refractivity contribution in [3.05, 3.63) is 34.9 Å². The summed E-state index contributed by atoms with van der Waals surface area (Å²) in [6.45, 7) is 2.11. The molecule has 0 saturated carbocycles. The molecule has 0 amide bonds. The largest absolute Gasteiger partial charge is 0.0946 e. The quantitative estimate of drug-likeness (QED) is 0.675. The Kier molecular flexibility index (Phi) is 4.27. The zero-order valence-corrected chi connectivity index (χ0v) is 11.4. The summed E-state index contributed by atoms with van der Waals surface area (Å²) in [5, 5.41) is 0.911. The fraction of sp³-hybridized carbons (Fsp3) is 0.333. The Hall–Kier alpha value is 0.660. The second kappa shape index (κ2) is 4.77. The van der Waals surface area contributed by atoms with Gasteiger partial charge in [-0.1, -0.05) is 71.6 Å².